The van der Waals surface area contributed by atoms with E-state index in [1.165, 1.54) is 16.0 Å². The number of benzene rings is 2. The number of carbonyl (C=O) groups excluding carboxylic acids is 1. The molecule has 0 saturated heterocycles. The predicted molar refractivity (Wildman–Crippen MR) is 110 cm³/mol. The summed E-state index contributed by atoms with van der Waals surface area (Å²) in [4.78, 5) is 13.4. The first-order valence-electron chi connectivity index (χ1n) is 9.00. The molecule has 0 aliphatic carbocycles. The van der Waals surface area contributed by atoms with Crippen LogP contribution < -0.4 is 10.1 Å². The van der Waals surface area contributed by atoms with Gasteiger partial charge in [-0.05, 0) is 49.1 Å². The van der Waals surface area contributed by atoms with E-state index in [1.807, 2.05) is 12.1 Å². The highest BCUT2D eigenvalue weighted by Gasteiger charge is 2.16. The van der Waals surface area contributed by atoms with Crippen LogP contribution in [-0.4, -0.2) is 24.3 Å². The van der Waals surface area contributed by atoms with Gasteiger partial charge in [0.1, 0.15) is 5.75 Å². The number of aryl methyl sites for hydroxylation is 1. The highest BCUT2D eigenvalue weighted by molar-refractivity contribution is 7.99. The predicted octanol–water partition coefficient (Wildman–Crippen LogP) is 4.97. The molecule has 1 atom stereocenters. The third kappa shape index (κ3) is 6.41. The zero-order valence-corrected chi connectivity index (χ0v) is 17.2. The van der Waals surface area contributed by atoms with E-state index in [-0.39, 0.29) is 11.3 Å². The van der Waals surface area contributed by atoms with Gasteiger partial charge in [-0.25, -0.2) is 0 Å². The molecular weight excluding hydrogens is 342 g/mol. The standard InChI is InChI=1S/C22H29NO2S/c1-16-6-12-20(13-7-16)26-15-14-23-21(24)17(2)25-19-10-8-18(9-11-19)22(3,4)5/h6-13,17H,14-15H2,1-5H3,(H,23,24)/t17-/m0/s1. The Hall–Kier alpha value is -1.94. The molecule has 0 fully saturated rings. The number of hydrogen-bond donors (Lipinski definition) is 1. The second-order valence-corrected chi connectivity index (χ2v) is 8.66. The molecule has 26 heavy (non-hydrogen) atoms. The van der Waals surface area contributed by atoms with E-state index in [9.17, 15) is 4.79 Å². The van der Waals surface area contributed by atoms with Crippen LogP contribution in [0.3, 0.4) is 0 Å². The van der Waals surface area contributed by atoms with Crippen molar-refractivity contribution in [1.82, 2.24) is 5.32 Å². The van der Waals surface area contributed by atoms with Gasteiger partial charge in [0.25, 0.3) is 5.91 Å². The van der Waals surface area contributed by atoms with Crippen molar-refractivity contribution in [3.8, 4) is 5.75 Å². The van der Waals surface area contributed by atoms with E-state index < -0.39 is 6.10 Å². The van der Waals surface area contributed by atoms with Crippen molar-refractivity contribution >= 4 is 17.7 Å². The maximum Gasteiger partial charge on any atom is 0.260 e. The molecule has 140 valence electrons. The third-order valence-electron chi connectivity index (χ3n) is 4.09. The largest absolute Gasteiger partial charge is 0.481 e. The number of thioether (sulfide) groups is 1. The average Bonchev–Trinajstić information content (AvgIpc) is 2.59. The first-order chi connectivity index (χ1) is 12.3. The summed E-state index contributed by atoms with van der Waals surface area (Å²) in [6.45, 7) is 11.0. The Morgan fingerprint density at radius 2 is 1.69 bits per heavy atom. The minimum atomic E-state index is -0.514. The van der Waals surface area contributed by atoms with Gasteiger partial charge in [0, 0.05) is 17.2 Å². The van der Waals surface area contributed by atoms with Crippen LogP contribution in [0.25, 0.3) is 0 Å². The molecule has 2 aromatic rings. The topological polar surface area (TPSA) is 38.3 Å². The number of amides is 1. The molecule has 2 rings (SSSR count). The lowest BCUT2D eigenvalue weighted by atomic mass is 9.87. The van der Waals surface area contributed by atoms with E-state index in [1.54, 1.807) is 18.7 Å². The Morgan fingerprint density at radius 3 is 2.27 bits per heavy atom. The fourth-order valence-corrected chi connectivity index (χ4v) is 3.18. The van der Waals surface area contributed by atoms with E-state index >= 15 is 0 Å². The average molecular weight is 372 g/mol. The van der Waals surface area contributed by atoms with Crippen LogP contribution in [0.15, 0.2) is 53.4 Å². The fourth-order valence-electron chi connectivity index (χ4n) is 2.41. The first-order valence-corrected chi connectivity index (χ1v) is 9.98. The quantitative estimate of drug-likeness (QED) is 0.552. The molecule has 0 radical (unpaired) electrons. The number of ether oxygens (including phenoxy) is 1. The molecule has 0 bridgehead atoms. The van der Waals surface area contributed by atoms with Gasteiger partial charge in [0.2, 0.25) is 0 Å². The Labute approximate surface area is 161 Å². The normalized spacial score (nSPS) is 12.5. The number of nitrogens with one attached hydrogen (secondary N) is 1. The summed E-state index contributed by atoms with van der Waals surface area (Å²) in [7, 11) is 0. The van der Waals surface area contributed by atoms with Crippen molar-refractivity contribution in [2.75, 3.05) is 12.3 Å². The summed E-state index contributed by atoms with van der Waals surface area (Å²) in [6, 6.07) is 16.4. The van der Waals surface area contributed by atoms with Crippen LogP contribution in [-0.2, 0) is 10.2 Å². The molecule has 0 aliphatic heterocycles. The summed E-state index contributed by atoms with van der Waals surface area (Å²) < 4.78 is 5.75. The van der Waals surface area contributed by atoms with Gasteiger partial charge in [-0.2, -0.15) is 0 Å². The van der Waals surface area contributed by atoms with Crippen LogP contribution in [0.4, 0.5) is 0 Å². The third-order valence-corrected chi connectivity index (χ3v) is 5.11. The van der Waals surface area contributed by atoms with Crippen molar-refractivity contribution in [3.63, 3.8) is 0 Å². The molecule has 2 aromatic carbocycles. The van der Waals surface area contributed by atoms with E-state index in [4.69, 9.17) is 4.74 Å². The molecule has 0 unspecified atom stereocenters. The summed E-state index contributed by atoms with van der Waals surface area (Å²) in [6.07, 6.45) is -0.514. The number of carbonyl (C=O) groups is 1. The maximum atomic E-state index is 12.2. The van der Waals surface area contributed by atoms with Gasteiger partial charge < -0.3 is 10.1 Å². The second-order valence-electron chi connectivity index (χ2n) is 7.49. The van der Waals surface area contributed by atoms with Gasteiger partial charge in [0.05, 0.1) is 0 Å². The smallest absolute Gasteiger partial charge is 0.260 e. The molecular formula is C22H29NO2S. The van der Waals surface area contributed by atoms with Gasteiger partial charge in [-0.1, -0.05) is 50.6 Å². The summed E-state index contributed by atoms with van der Waals surface area (Å²) in [5, 5.41) is 2.94. The molecule has 0 spiro atoms. The molecule has 0 aliphatic rings. The Morgan fingerprint density at radius 1 is 1.08 bits per heavy atom. The Bertz CT molecular complexity index is 702. The van der Waals surface area contributed by atoms with Crippen molar-refractivity contribution in [2.45, 2.75) is 51.0 Å². The molecule has 3 nitrogen and oxygen atoms in total. The molecule has 1 N–H and O–H groups in total. The SMILES string of the molecule is Cc1ccc(SCCNC(=O)[C@H](C)Oc2ccc(C(C)(C)C)cc2)cc1. The number of hydrogen-bond acceptors (Lipinski definition) is 3. The monoisotopic (exact) mass is 371 g/mol. The van der Waals surface area contributed by atoms with E-state index in [0.717, 1.165) is 11.5 Å². The van der Waals surface area contributed by atoms with Gasteiger partial charge in [-0.3, -0.25) is 4.79 Å². The zero-order valence-electron chi connectivity index (χ0n) is 16.3. The van der Waals surface area contributed by atoms with Crippen LogP contribution >= 0.6 is 11.8 Å². The minimum Gasteiger partial charge on any atom is -0.481 e. The van der Waals surface area contributed by atoms with E-state index in [2.05, 4.69) is 69.4 Å². The van der Waals surface area contributed by atoms with Gasteiger partial charge in [-0.15, -0.1) is 11.8 Å². The molecule has 4 heteroatoms. The Balaban J connectivity index is 1.74. The van der Waals surface area contributed by atoms with E-state index in [0.29, 0.717) is 6.54 Å². The maximum absolute atomic E-state index is 12.2. The zero-order chi connectivity index (χ0) is 19.2. The summed E-state index contributed by atoms with van der Waals surface area (Å²) in [5.41, 5.74) is 2.61. The lowest BCUT2D eigenvalue weighted by Crippen LogP contribution is -2.37. The lowest BCUT2D eigenvalue weighted by molar-refractivity contribution is -0.127. The summed E-state index contributed by atoms with van der Waals surface area (Å²) >= 11 is 1.74. The minimum absolute atomic E-state index is 0.0885. The van der Waals surface area contributed by atoms with Crippen LogP contribution in [0.1, 0.15) is 38.8 Å². The van der Waals surface area contributed by atoms with Crippen molar-refractivity contribution in [2.24, 2.45) is 0 Å². The molecule has 0 heterocycles. The highest BCUT2D eigenvalue weighted by atomic mass is 32.2. The lowest BCUT2D eigenvalue weighted by Gasteiger charge is -2.20. The van der Waals surface area contributed by atoms with Crippen LogP contribution in [0, 0.1) is 6.92 Å². The fraction of sp³-hybridized carbons (Fsp3) is 0.409. The summed E-state index contributed by atoms with van der Waals surface area (Å²) in [5.74, 6) is 1.46. The molecule has 0 aromatic heterocycles. The Kier molecular flexibility index (Phi) is 7.15. The number of rotatable bonds is 7. The van der Waals surface area contributed by atoms with Crippen molar-refractivity contribution in [1.29, 1.82) is 0 Å². The van der Waals surface area contributed by atoms with Gasteiger partial charge >= 0.3 is 0 Å². The van der Waals surface area contributed by atoms with Crippen LogP contribution in [0.2, 0.25) is 0 Å². The molecule has 0 saturated carbocycles. The van der Waals surface area contributed by atoms with Crippen molar-refractivity contribution in [3.05, 3.63) is 59.7 Å². The second kappa shape index (κ2) is 9.13. The first kappa shape index (κ1) is 20.4. The van der Waals surface area contributed by atoms with Crippen molar-refractivity contribution < 1.29 is 9.53 Å². The molecule has 1 amide bonds. The van der Waals surface area contributed by atoms with Crippen LogP contribution in [0.5, 0.6) is 5.75 Å². The van der Waals surface area contributed by atoms with Gasteiger partial charge in [0.15, 0.2) is 6.10 Å². The highest BCUT2D eigenvalue weighted by Crippen LogP contribution is 2.24.